The molecule has 12 heteroatoms. The Bertz CT molecular complexity index is 851. The maximum atomic E-state index is 12.9. The van der Waals surface area contributed by atoms with E-state index in [1.807, 2.05) is 0 Å². The van der Waals surface area contributed by atoms with Crippen LogP contribution in [0, 0.1) is 6.92 Å². The SMILES string of the molecule is Cc1cc(NCC(O)CO)nc(NC(=O)Nc2ccc(Cl)c(C(F)(F)F)c2)n1. The third-order valence-electron chi connectivity index (χ3n) is 3.34. The lowest BCUT2D eigenvalue weighted by molar-refractivity contribution is -0.137. The summed E-state index contributed by atoms with van der Waals surface area (Å²) >= 11 is 5.54. The molecular formula is C16H17ClF3N5O3. The number of aliphatic hydroxyl groups is 2. The van der Waals surface area contributed by atoms with Gasteiger partial charge in [-0.1, -0.05) is 11.6 Å². The highest BCUT2D eigenvalue weighted by atomic mass is 35.5. The third kappa shape index (κ3) is 6.22. The largest absolute Gasteiger partial charge is 0.417 e. The molecule has 5 N–H and O–H groups in total. The molecule has 2 rings (SSSR count). The number of nitrogens with one attached hydrogen (secondary N) is 3. The average Bonchev–Trinajstić information content (AvgIpc) is 2.59. The number of anilines is 3. The molecule has 8 nitrogen and oxygen atoms in total. The Morgan fingerprint density at radius 2 is 1.96 bits per heavy atom. The van der Waals surface area contributed by atoms with Crippen LogP contribution in [0.1, 0.15) is 11.3 Å². The van der Waals surface area contributed by atoms with Crippen molar-refractivity contribution in [1.29, 1.82) is 0 Å². The number of hydrogen-bond donors (Lipinski definition) is 5. The summed E-state index contributed by atoms with van der Waals surface area (Å²) in [6, 6.07) is 3.64. The van der Waals surface area contributed by atoms with E-state index in [1.54, 1.807) is 13.0 Å². The van der Waals surface area contributed by atoms with Crippen molar-refractivity contribution < 1.29 is 28.2 Å². The monoisotopic (exact) mass is 419 g/mol. The molecule has 0 radical (unpaired) electrons. The number of aromatic nitrogens is 2. The predicted octanol–water partition coefficient (Wildman–Crippen LogP) is 2.87. The zero-order valence-corrected chi connectivity index (χ0v) is 15.3. The van der Waals surface area contributed by atoms with Gasteiger partial charge in [-0.3, -0.25) is 5.32 Å². The van der Waals surface area contributed by atoms with Crippen molar-refractivity contribution in [1.82, 2.24) is 9.97 Å². The molecular weight excluding hydrogens is 403 g/mol. The normalized spacial score (nSPS) is 12.4. The van der Waals surface area contributed by atoms with Crippen LogP contribution in [0.3, 0.4) is 0 Å². The van der Waals surface area contributed by atoms with Crippen molar-refractivity contribution in [2.24, 2.45) is 0 Å². The molecule has 0 aliphatic heterocycles. The van der Waals surface area contributed by atoms with Gasteiger partial charge in [-0.2, -0.15) is 18.2 Å². The van der Waals surface area contributed by atoms with Crippen molar-refractivity contribution in [2.75, 3.05) is 29.1 Å². The molecule has 1 heterocycles. The van der Waals surface area contributed by atoms with E-state index in [1.165, 1.54) is 6.07 Å². The second-order valence-electron chi connectivity index (χ2n) is 5.71. The number of rotatable bonds is 6. The topological polar surface area (TPSA) is 119 Å². The van der Waals surface area contributed by atoms with E-state index in [2.05, 4.69) is 25.9 Å². The van der Waals surface area contributed by atoms with Crippen LogP contribution in [0.5, 0.6) is 0 Å². The van der Waals surface area contributed by atoms with E-state index in [0.29, 0.717) is 11.8 Å². The summed E-state index contributed by atoms with van der Waals surface area (Å²) < 4.78 is 38.7. The Balaban J connectivity index is 2.08. The molecule has 2 amide bonds. The number of aryl methyl sites for hydroxylation is 1. The Morgan fingerprint density at radius 3 is 2.61 bits per heavy atom. The number of halogens is 4. The van der Waals surface area contributed by atoms with Gasteiger partial charge in [0.25, 0.3) is 0 Å². The zero-order chi connectivity index (χ0) is 20.9. The van der Waals surface area contributed by atoms with Crippen molar-refractivity contribution in [2.45, 2.75) is 19.2 Å². The van der Waals surface area contributed by atoms with Crippen LogP contribution in [-0.2, 0) is 6.18 Å². The number of hydrogen-bond acceptors (Lipinski definition) is 6. The van der Waals surface area contributed by atoms with Gasteiger partial charge in [0.1, 0.15) is 5.82 Å². The van der Waals surface area contributed by atoms with Gasteiger partial charge in [0.2, 0.25) is 5.95 Å². The Morgan fingerprint density at radius 1 is 1.25 bits per heavy atom. The van der Waals surface area contributed by atoms with Gasteiger partial charge in [0.05, 0.1) is 23.3 Å². The van der Waals surface area contributed by atoms with Crippen LogP contribution in [0.25, 0.3) is 0 Å². The van der Waals surface area contributed by atoms with Gasteiger partial charge in [0, 0.05) is 24.0 Å². The lowest BCUT2D eigenvalue weighted by Crippen LogP contribution is -2.24. The van der Waals surface area contributed by atoms with Gasteiger partial charge < -0.3 is 20.8 Å². The first-order chi connectivity index (χ1) is 13.1. The molecule has 0 bridgehead atoms. The number of carbonyl (C=O) groups excluding carboxylic acids is 1. The van der Waals surface area contributed by atoms with Crippen LogP contribution in [0.4, 0.5) is 35.4 Å². The van der Waals surface area contributed by atoms with Crippen LogP contribution in [0.2, 0.25) is 5.02 Å². The Kier molecular flexibility index (Phi) is 7.00. The number of amides is 2. The molecule has 0 saturated heterocycles. The molecule has 1 unspecified atom stereocenters. The molecule has 152 valence electrons. The first-order valence-electron chi connectivity index (χ1n) is 7.91. The first kappa shape index (κ1) is 21.7. The quantitative estimate of drug-likeness (QED) is 0.491. The fourth-order valence-corrected chi connectivity index (χ4v) is 2.31. The van der Waals surface area contributed by atoms with E-state index < -0.39 is 35.5 Å². The standard InChI is InChI=1S/C16H17ClF3N5O3/c1-8-4-13(21-6-10(27)7-26)24-14(22-8)25-15(28)23-9-2-3-12(17)11(5-9)16(18,19)20/h2-5,10,26-27H,6-7H2,1H3,(H3,21,22,23,24,25,28). The minimum atomic E-state index is -4.66. The number of nitrogens with zero attached hydrogens (tertiary/aromatic N) is 2. The van der Waals surface area contributed by atoms with E-state index >= 15 is 0 Å². The smallest absolute Gasteiger partial charge is 0.394 e. The van der Waals surface area contributed by atoms with Crippen LogP contribution in [0.15, 0.2) is 24.3 Å². The molecule has 28 heavy (non-hydrogen) atoms. The third-order valence-corrected chi connectivity index (χ3v) is 3.67. The summed E-state index contributed by atoms with van der Waals surface area (Å²) in [5.41, 5.74) is -0.712. The summed E-state index contributed by atoms with van der Waals surface area (Å²) in [5.74, 6) is 0.171. The molecule has 1 aromatic heterocycles. The van der Waals surface area contributed by atoms with Gasteiger partial charge >= 0.3 is 12.2 Å². The number of alkyl halides is 3. The fourth-order valence-electron chi connectivity index (χ4n) is 2.09. The summed E-state index contributed by atoms with van der Waals surface area (Å²) in [5, 5.41) is 25.0. The lowest BCUT2D eigenvalue weighted by atomic mass is 10.2. The van der Waals surface area contributed by atoms with Crippen molar-refractivity contribution in [3.8, 4) is 0 Å². The Hall–Kier alpha value is -2.63. The molecule has 1 atom stereocenters. The maximum absolute atomic E-state index is 12.9. The minimum absolute atomic E-state index is 0.0174. The molecule has 1 aromatic carbocycles. The second kappa shape index (κ2) is 9.04. The maximum Gasteiger partial charge on any atom is 0.417 e. The molecule has 0 saturated carbocycles. The van der Waals surface area contributed by atoms with Gasteiger partial charge in [-0.05, 0) is 25.1 Å². The van der Waals surface area contributed by atoms with E-state index in [0.717, 1.165) is 6.07 Å². The molecule has 2 aromatic rings. The number of aliphatic hydroxyl groups excluding tert-OH is 2. The van der Waals surface area contributed by atoms with Crippen LogP contribution >= 0.6 is 11.6 Å². The molecule has 0 aliphatic rings. The second-order valence-corrected chi connectivity index (χ2v) is 6.11. The Labute approximate surface area is 162 Å². The van der Waals surface area contributed by atoms with Crippen molar-refractivity contribution in [3.63, 3.8) is 0 Å². The summed E-state index contributed by atoms with van der Waals surface area (Å²) in [6.07, 6.45) is -5.66. The van der Waals surface area contributed by atoms with Crippen LogP contribution < -0.4 is 16.0 Å². The van der Waals surface area contributed by atoms with E-state index in [9.17, 15) is 23.1 Å². The van der Waals surface area contributed by atoms with E-state index in [4.69, 9.17) is 16.7 Å². The highest BCUT2D eigenvalue weighted by molar-refractivity contribution is 6.31. The number of carbonyl (C=O) groups is 1. The highest BCUT2D eigenvalue weighted by Gasteiger charge is 2.33. The van der Waals surface area contributed by atoms with Gasteiger partial charge in [-0.15, -0.1) is 0 Å². The average molecular weight is 420 g/mol. The van der Waals surface area contributed by atoms with Crippen LogP contribution in [-0.4, -0.2) is 45.5 Å². The first-order valence-corrected chi connectivity index (χ1v) is 8.29. The summed E-state index contributed by atoms with van der Waals surface area (Å²) in [6.45, 7) is 1.21. The zero-order valence-electron chi connectivity index (χ0n) is 14.5. The lowest BCUT2D eigenvalue weighted by Gasteiger charge is -2.13. The summed E-state index contributed by atoms with van der Waals surface area (Å²) in [7, 11) is 0. The predicted molar refractivity (Wildman–Crippen MR) is 97.4 cm³/mol. The fraction of sp³-hybridized carbons (Fsp3) is 0.312. The van der Waals surface area contributed by atoms with Gasteiger partial charge in [0.15, 0.2) is 0 Å². The molecule has 0 fully saturated rings. The molecule has 0 aliphatic carbocycles. The van der Waals surface area contributed by atoms with E-state index in [-0.39, 0.29) is 24.0 Å². The highest BCUT2D eigenvalue weighted by Crippen LogP contribution is 2.36. The van der Waals surface area contributed by atoms with Gasteiger partial charge in [-0.25, -0.2) is 9.78 Å². The number of urea groups is 1. The molecule has 0 spiro atoms. The van der Waals surface area contributed by atoms with Crippen molar-refractivity contribution in [3.05, 3.63) is 40.5 Å². The number of benzene rings is 1. The summed E-state index contributed by atoms with van der Waals surface area (Å²) in [4.78, 5) is 20.1. The minimum Gasteiger partial charge on any atom is -0.394 e. The van der Waals surface area contributed by atoms with Crippen molar-refractivity contribution >= 4 is 35.1 Å².